The summed E-state index contributed by atoms with van der Waals surface area (Å²) in [5.41, 5.74) is 6.31. The highest BCUT2D eigenvalue weighted by Gasteiger charge is 2.13. The van der Waals surface area contributed by atoms with Crippen molar-refractivity contribution in [1.29, 1.82) is 0 Å². The smallest absolute Gasteiger partial charge is 0.178 e. The topological polar surface area (TPSA) is 54.0 Å². The molecular weight excluding hydrogens is 372 g/mol. The standard InChI is InChI=1S/C25H26N4O/c1-30-21-11-9-19(10-12-21)22-13-14-26-25-23(22)27-24(28-25)20-7-5-18(6-8-20)17-29-15-3-2-4-16-29/h5-14H,2-4,15-17H2,1H3,(H,26,27,28). The molecule has 0 amide bonds. The van der Waals surface area contributed by atoms with E-state index in [-0.39, 0.29) is 0 Å². The van der Waals surface area contributed by atoms with Gasteiger partial charge in [0.05, 0.1) is 12.6 Å². The van der Waals surface area contributed by atoms with Gasteiger partial charge >= 0.3 is 0 Å². The highest BCUT2D eigenvalue weighted by atomic mass is 16.5. The molecule has 0 spiro atoms. The van der Waals surface area contributed by atoms with Crippen LogP contribution in [0.1, 0.15) is 24.8 Å². The number of hydrogen-bond donors (Lipinski definition) is 1. The van der Waals surface area contributed by atoms with Crippen molar-refractivity contribution in [3.05, 3.63) is 66.4 Å². The van der Waals surface area contributed by atoms with Crippen molar-refractivity contribution in [3.8, 4) is 28.3 Å². The summed E-state index contributed by atoms with van der Waals surface area (Å²) in [7, 11) is 1.68. The van der Waals surface area contributed by atoms with Gasteiger partial charge in [-0.2, -0.15) is 0 Å². The molecule has 30 heavy (non-hydrogen) atoms. The molecule has 1 aliphatic heterocycles. The van der Waals surface area contributed by atoms with Gasteiger partial charge in [0.25, 0.3) is 0 Å². The molecule has 0 aliphatic carbocycles. The molecule has 2 aromatic carbocycles. The number of rotatable bonds is 5. The first-order chi connectivity index (χ1) is 14.8. The maximum absolute atomic E-state index is 5.28. The summed E-state index contributed by atoms with van der Waals surface area (Å²) < 4.78 is 5.28. The number of piperidine rings is 1. The number of H-pyrrole nitrogens is 1. The highest BCUT2D eigenvalue weighted by molar-refractivity contribution is 5.91. The van der Waals surface area contributed by atoms with Crippen LogP contribution < -0.4 is 4.74 Å². The fourth-order valence-electron chi connectivity index (χ4n) is 4.20. The first-order valence-corrected chi connectivity index (χ1v) is 10.6. The molecule has 0 bridgehead atoms. The van der Waals surface area contributed by atoms with Gasteiger partial charge in [-0.25, -0.2) is 9.97 Å². The number of nitrogens with zero attached hydrogens (tertiary/aromatic N) is 3. The molecule has 152 valence electrons. The van der Waals surface area contributed by atoms with E-state index in [1.165, 1.54) is 37.9 Å². The van der Waals surface area contributed by atoms with Crippen molar-refractivity contribution in [3.63, 3.8) is 0 Å². The van der Waals surface area contributed by atoms with Crippen molar-refractivity contribution in [1.82, 2.24) is 19.9 Å². The third-order valence-electron chi connectivity index (χ3n) is 5.88. The van der Waals surface area contributed by atoms with Gasteiger partial charge in [0, 0.05) is 23.9 Å². The maximum atomic E-state index is 5.28. The molecule has 3 heterocycles. The second-order valence-electron chi connectivity index (χ2n) is 7.90. The van der Waals surface area contributed by atoms with E-state index in [2.05, 4.69) is 51.3 Å². The molecule has 0 saturated carbocycles. The Labute approximate surface area is 176 Å². The van der Waals surface area contributed by atoms with Gasteiger partial charge in [0.2, 0.25) is 0 Å². The minimum atomic E-state index is 0.732. The second kappa shape index (κ2) is 8.28. The van der Waals surface area contributed by atoms with E-state index in [0.29, 0.717) is 0 Å². The molecule has 0 atom stereocenters. The van der Waals surface area contributed by atoms with Gasteiger partial charge in [-0.3, -0.25) is 4.90 Å². The minimum absolute atomic E-state index is 0.732. The summed E-state index contributed by atoms with van der Waals surface area (Å²) in [6.07, 6.45) is 5.82. The van der Waals surface area contributed by atoms with Crippen LogP contribution in [0.15, 0.2) is 60.8 Å². The Kier molecular flexibility index (Phi) is 5.20. The molecule has 4 aromatic rings. The number of ether oxygens (including phenoxy) is 1. The lowest BCUT2D eigenvalue weighted by atomic mass is 10.1. The van der Waals surface area contributed by atoms with Crippen LogP contribution in [0.25, 0.3) is 33.7 Å². The largest absolute Gasteiger partial charge is 0.497 e. The number of aromatic nitrogens is 3. The Balaban J connectivity index is 1.42. The normalized spacial score (nSPS) is 14.8. The third kappa shape index (κ3) is 3.81. The number of imidazole rings is 1. The summed E-state index contributed by atoms with van der Waals surface area (Å²) in [6, 6.07) is 18.8. The molecule has 1 fully saturated rings. The zero-order chi connectivity index (χ0) is 20.3. The number of benzene rings is 2. The monoisotopic (exact) mass is 398 g/mol. The molecule has 1 saturated heterocycles. The summed E-state index contributed by atoms with van der Waals surface area (Å²) >= 11 is 0. The van der Waals surface area contributed by atoms with E-state index >= 15 is 0 Å². The summed E-state index contributed by atoms with van der Waals surface area (Å²) in [6.45, 7) is 3.46. The molecule has 1 N–H and O–H groups in total. The first kappa shape index (κ1) is 18.8. The number of pyridine rings is 1. The molecule has 0 unspecified atom stereocenters. The quantitative estimate of drug-likeness (QED) is 0.496. The Hall–Kier alpha value is -3.18. The SMILES string of the molecule is COc1ccc(-c2ccnc3nc(-c4ccc(CN5CCCCC5)cc4)[nH]c23)cc1. The van der Waals surface area contributed by atoms with Gasteiger partial charge in [-0.05, 0) is 55.3 Å². The van der Waals surface area contributed by atoms with Gasteiger partial charge < -0.3 is 9.72 Å². The molecule has 2 aromatic heterocycles. The van der Waals surface area contributed by atoms with Crippen LogP contribution in [0.3, 0.4) is 0 Å². The van der Waals surface area contributed by atoms with Crippen LogP contribution in [0.5, 0.6) is 5.75 Å². The summed E-state index contributed by atoms with van der Waals surface area (Å²) in [5.74, 6) is 1.70. The third-order valence-corrected chi connectivity index (χ3v) is 5.88. The maximum Gasteiger partial charge on any atom is 0.178 e. The van der Waals surface area contributed by atoms with Crippen LogP contribution >= 0.6 is 0 Å². The van der Waals surface area contributed by atoms with Gasteiger partial charge in [0.15, 0.2) is 5.65 Å². The van der Waals surface area contributed by atoms with Gasteiger partial charge in [-0.15, -0.1) is 0 Å². The summed E-state index contributed by atoms with van der Waals surface area (Å²) in [5, 5.41) is 0. The van der Waals surface area contributed by atoms with E-state index in [1.807, 2.05) is 24.4 Å². The van der Waals surface area contributed by atoms with Crippen molar-refractivity contribution in [2.24, 2.45) is 0 Å². The predicted octanol–water partition coefficient (Wildman–Crippen LogP) is 5.29. The van der Waals surface area contributed by atoms with Crippen molar-refractivity contribution in [2.75, 3.05) is 20.2 Å². The van der Waals surface area contributed by atoms with Crippen LogP contribution in [0, 0.1) is 0 Å². The zero-order valence-electron chi connectivity index (χ0n) is 17.3. The first-order valence-electron chi connectivity index (χ1n) is 10.6. The van der Waals surface area contributed by atoms with Crippen LogP contribution in [-0.2, 0) is 6.54 Å². The lowest BCUT2D eigenvalue weighted by Gasteiger charge is -2.26. The molecule has 0 radical (unpaired) electrons. The number of nitrogens with one attached hydrogen (secondary N) is 1. The second-order valence-corrected chi connectivity index (χ2v) is 7.90. The number of methoxy groups -OCH3 is 1. The van der Waals surface area contributed by atoms with Crippen LogP contribution in [0.2, 0.25) is 0 Å². The molecular formula is C25H26N4O. The van der Waals surface area contributed by atoms with Gasteiger partial charge in [-0.1, -0.05) is 42.8 Å². The van der Waals surface area contributed by atoms with E-state index in [1.54, 1.807) is 7.11 Å². The van der Waals surface area contributed by atoms with E-state index in [9.17, 15) is 0 Å². The Bertz CT molecular complexity index is 1130. The molecule has 5 heteroatoms. The van der Waals surface area contributed by atoms with Crippen molar-refractivity contribution in [2.45, 2.75) is 25.8 Å². The average Bonchev–Trinajstić information content (AvgIpc) is 3.25. The van der Waals surface area contributed by atoms with Crippen molar-refractivity contribution < 1.29 is 4.74 Å². The zero-order valence-corrected chi connectivity index (χ0v) is 17.3. The van der Waals surface area contributed by atoms with E-state index in [4.69, 9.17) is 9.72 Å². The van der Waals surface area contributed by atoms with Crippen molar-refractivity contribution >= 4 is 11.2 Å². The lowest BCUT2D eigenvalue weighted by molar-refractivity contribution is 0.221. The minimum Gasteiger partial charge on any atom is -0.497 e. The van der Waals surface area contributed by atoms with E-state index < -0.39 is 0 Å². The average molecular weight is 399 g/mol. The van der Waals surface area contributed by atoms with Crippen LogP contribution in [-0.4, -0.2) is 40.1 Å². The Morgan fingerprint density at radius 1 is 0.900 bits per heavy atom. The van der Waals surface area contributed by atoms with Crippen LogP contribution in [0.4, 0.5) is 0 Å². The lowest BCUT2D eigenvalue weighted by Crippen LogP contribution is -2.28. The Morgan fingerprint density at radius 3 is 2.37 bits per heavy atom. The molecule has 1 aliphatic rings. The molecule has 5 rings (SSSR count). The Morgan fingerprint density at radius 2 is 1.63 bits per heavy atom. The fourth-order valence-corrected chi connectivity index (χ4v) is 4.20. The fraction of sp³-hybridized carbons (Fsp3) is 0.280. The number of fused-ring (bicyclic) bond motifs is 1. The highest BCUT2D eigenvalue weighted by Crippen LogP contribution is 2.30. The number of hydrogen-bond acceptors (Lipinski definition) is 4. The summed E-state index contributed by atoms with van der Waals surface area (Å²) in [4.78, 5) is 15.3. The van der Waals surface area contributed by atoms with E-state index in [0.717, 1.165) is 46.0 Å². The number of aromatic amines is 1. The number of likely N-dealkylation sites (tertiary alicyclic amines) is 1. The van der Waals surface area contributed by atoms with Gasteiger partial charge in [0.1, 0.15) is 11.6 Å². The predicted molar refractivity (Wildman–Crippen MR) is 120 cm³/mol. The molecule has 5 nitrogen and oxygen atoms in total.